The molecule has 0 bridgehead atoms. The fraction of sp³-hybridized carbons (Fsp3) is 0.143. The lowest BCUT2D eigenvalue weighted by atomic mass is 10.1. The number of nitrogens with two attached hydrogens (primary N) is 1. The van der Waals surface area contributed by atoms with E-state index in [0.29, 0.717) is 11.9 Å². The van der Waals surface area contributed by atoms with Crippen LogP contribution in [0.25, 0.3) is 5.95 Å². The Morgan fingerprint density at radius 2 is 1.95 bits per heavy atom. The molecule has 0 aliphatic carbocycles. The molecule has 0 spiro atoms. The minimum absolute atomic E-state index is 0.154. The zero-order valence-corrected chi connectivity index (χ0v) is 11.6. The van der Waals surface area contributed by atoms with Gasteiger partial charge in [0.1, 0.15) is 6.33 Å². The van der Waals surface area contributed by atoms with E-state index in [4.69, 9.17) is 5.73 Å². The lowest BCUT2D eigenvalue weighted by molar-refractivity contribution is 0.906. The van der Waals surface area contributed by atoms with Crippen LogP contribution in [-0.2, 0) is 6.42 Å². The summed E-state index contributed by atoms with van der Waals surface area (Å²) in [4.78, 5) is 16.5. The van der Waals surface area contributed by atoms with Crippen LogP contribution in [0.1, 0.15) is 12.5 Å². The summed E-state index contributed by atoms with van der Waals surface area (Å²) in [7, 11) is 0. The molecule has 21 heavy (non-hydrogen) atoms. The molecule has 3 N–H and O–H groups in total. The number of imidazole rings is 1. The van der Waals surface area contributed by atoms with Crippen molar-refractivity contribution in [1.29, 1.82) is 0 Å². The molecule has 0 saturated heterocycles. The van der Waals surface area contributed by atoms with Crippen LogP contribution >= 0.6 is 0 Å². The highest BCUT2D eigenvalue weighted by Gasteiger charge is 2.06. The summed E-state index contributed by atoms with van der Waals surface area (Å²) in [5, 5.41) is 3.12. The predicted octanol–water partition coefficient (Wildman–Crippen LogP) is 1.95. The first-order valence-electron chi connectivity index (χ1n) is 6.60. The summed E-state index contributed by atoms with van der Waals surface area (Å²) in [5.41, 5.74) is 7.90. The first kappa shape index (κ1) is 13.0. The molecule has 0 saturated carbocycles. The van der Waals surface area contributed by atoms with E-state index in [1.54, 1.807) is 23.3 Å². The van der Waals surface area contributed by atoms with Crippen LogP contribution in [0, 0.1) is 0 Å². The maximum absolute atomic E-state index is 5.73. The standard InChI is InChI=1S/C14H15N7/c1-2-10-3-5-11(6-4-10)17-13-18-12(15)19-14(20-13)21-8-7-16-9-21/h3-9H,2H2,1H3,(H3,15,17,18,19,20). The largest absolute Gasteiger partial charge is 0.368 e. The first-order valence-corrected chi connectivity index (χ1v) is 6.60. The molecule has 0 fully saturated rings. The molecule has 106 valence electrons. The molecular formula is C14H15N7. The van der Waals surface area contributed by atoms with Crippen LogP contribution in [0.4, 0.5) is 17.6 Å². The third kappa shape index (κ3) is 2.97. The van der Waals surface area contributed by atoms with E-state index >= 15 is 0 Å². The fourth-order valence-electron chi connectivity index (χ4n) is 1.88. The Morgan fingerprint density at radius 1 is 1.14 bits per heavy atom. The SMILES string of the molecule is CCc1ccc(Nc2nc(N)nc(-n3ccnc3)n2)cc1. The van der Waals surface area contributed by atoms with E-state index in [2.05, 4.69) is 44.3 Å². The van der Waals surface area contributed by atoms with Crippen LogP contribution in [0.2, 0.25) is 0 Å². The van der Waals surface area contributed by atoms with Crippen molar-refractivity contribution >= 4 is 17.6 Å². The maximum Gasteiger partial charge on any atom is 0.241 e. The van der Waals surface area contributed by atoms with Gasteiger partial charge in [-0.15, -0.1) is 0 Å². The van der Waals surface area contributed by atoms with Crippen LogP contribution in [0.3, 0.4) is 0 Å². The number of nitrogens with zero attached hydrogens (tertiary/aromatic N) is 5. The van der Waals surface area contributed by atoms with E-state index in [1.807, 2.05) is 12.1 Å². The molecule has 3 aromatic rings. The second-order valence-electron chi connectivity index (χ2n) is 4.46. The van der Waals surface area contributed by atoms with Crippen molar-refractivity contribution in [2.45, 2.75) is 13.3 Å². The molecule has 0 aliphatic rings. The monoisotopic (exact) mass is 281 g/mol. The lowest BCUT2D eigenvalue weighted by Gasteiger charge is -2.08. The fourth-order valence-corrected chi connectivity index (χ4v) is 1.88. The predicted molar refractivity (Wildman–Crippen MR) is 80.5 cm³/mol. The molecule has 7 heteroatoms. The number of nitrogens with one attached hydrogen (secondary N) is 1. The van der Waals surface area contributed by atoms with Gasteiger partial charge in [0.05, 0.1) is 0 Å². The van der Waals surface area contributed by atoms with Gasteiger partial charge < -0.3 is 11.1 Å². The molecular weight excluding hydrogens is 266 g/mol. The third-order valence-electron chi connectivity index (χ3n) is 2.99. The van der Waals surface area contributed by atoms with Crippen LogP contribution < -0.4 is 11.1 Å². The Morgan fingerprint density at radius 3 is 2.62 bits per heavy atom. The quantitative estimate of drug-likeness (QED) is 0.759. The number of benzene rings is 1. The Bertz CT molecular complexity index is 720. The minimum Gasteiger partial charge on any atom is -0.368 e. The number of anilines is 3. The molecule has 2 aromatic heterocycles. The van der Waals surface area contributed by atoms with Gasteiger partial charge in [0.2, 0.25) is 17.8 Å². The van der Waals surface area contributed by atoms with Crippen molar-refractivity contribution < 1.29 is 0 Å². The number of hydrogen-bond donors (Lipinski definition) is 2. The van der Waals surface area contributed by atoms with E-state index in [0.717, 1.165) is 12.1 Å². The van der Waals surface area contributed by atoms with Crippen molar-refractivity contribution in [3.63, 3.8) is 0 Å². The third-order valence-corrected chi connectivity index (χ3v) is 2.99. The maximum atomic E-state index is 5.73. The second kappa shape index (κ2) is 5.58. The summed E-state index contributed by atoms with van der Waals surface area (Å²) in [6, 6.07) is 8.08. The number of hydrogen-bond acceptors (Lipinski definition) is 6. The highest BCUT2D eigenvalue weighted by atomic mass is 15.3. The molecule has 2 heterocycles. The van der Waals surface area contributed by atoms with Crippen molar-refractivity contribution in [3.8, 4) is 5.95 Å². The minimum atomic E-state index is 0.154. The zero-order chi connectivity index (χ0) is 14.7. The Hall–Kier alpha value is -2.96. The van der Waals surface area contributed by atoms with Gasteiger partial charge in [-0.2, -0.15) is 15.0 Å². The van der Waals surface area contributed by atoms with Crippen molar-refractivity contribution in [3.05, 3.63) is 48.5 Å². The van der Waals surface area contributed by atoms with E-state index in [9.17, 15) is 0 Å². The van der Waals surface area contributed by atoms with E-state index in [1.165, 1.54) is 5.56 Å². The summed E-state index contributed by atoms with van der Waals surface area (Å²) < 4.78 is 1.67. The van der Waals surface area contributed by atoms with E-state index in [-0.39, 0.29) is 5.95 Å². The summed E-state index contributed by atoms with van der Waals surface area (Å²) in [6.07, 6.45) is 6.00. The van der Waals surface area contributed by atoms with Crippen LogP contribution in [0.5, 0.6) is 0 Å². The topological polar surface area (TPSA) is 94.5 Å². The van der Waals surface area contributed by atoms with Gasteiger partial charge >= 0.3 is 0 Å². The van der Waals surface area contributed by atoms with Crippen molar-refractivity contribution in [2.24, 2.45) is 0 Å². The number of rotatable bonds is 4. The van der Waals surface area contributed by atoms with E-state index < -0.39 is 0 Å². The summed E-state index contributed by atoms with van der Waals surface area (Å²) >= 11 is 0. The smallest absolute Gasteiger partial charge is 0.241 e. The number of aromatic nitrogens is 5. The Labute approximate surface area is 121 Å². The summed E-state index contributed by atoms with van der Waals surface area (Å²) in [6.45, 7) is 2.12. The molecule has 0 aliphatic heterocycles. The van der Waals surface area contributed by atoms with Crippen LogP contribution in [0.15, 0.2) is 43.0 Å². The lowest BCUT2D eigenvalue weighted by Crippen LogP contribution is -2.08. The number of aryl methyl sites for hydroxylation is 1. The molecule has 0 amide bonds. The Balaban J connectivity index is 1.88. The van der Waals surface area contributed by atoms with Crippen molar-refractivity contribution in [1.82, 2.24) is 24.5 Å². The molecule has 0 unspecified atom stereocenters. The normalized spacial score (nSPS) is 10.5. The van der Waals surface area contributed by atoms with Gasteiger partial charge in [-0.3, -0.25) is 4.57 Å². The zero-order valence-electron chi connectivity index (χ0n) is 11.6. The van der Waals surface area contributed by atoms with Gasteiger partial charge in [-0.1, -0.05) is 19.1 Å². The van der Waals surface area contributed by atoms with Gasteiger partial charge in [-0.05, 0) is 24.1 Å². The van der Waals surface area contributed by atoms with Gasteiger partial charge in [0, 0.05) is 18.1 Å². The van der Waals surface area contributed by atoms with Gasteiger partial charge in [-0.25, -0.2) is 4.98 Å². The molecule has 1 aromatic carbocycles. The van der Waals surface area contributed by atoms with Gasteiger partial charge in [0.15, 0.2) is 0 Å². The molecule has 3 rings (SSSR count). The van der Waals surface area contributed by atoms with Gasteiger partial charge in [0.25, 0.3) is 0 Å². The average Bonchev–Trinajstić information content (AvgIpc) is 3.02. The number of nitrogen functional groups attached to an aromatic ring is 1. The highest BCUT2D eigenvalue weighted by molar-refractivity contribution is 5.54. The molecule has 7 nitrogen and oxygen atoms in total. The average molecular weight is 281 g/mol. The molecule has 0 radical (unpaired) electrons. The highest BCUT2D eigenvalue weighted by Crippen LogP contribution is 2.15. The summed E-state index contributed by atoms with van der Waals surface area (Å²) in [5.74, 6) is 0.976. The molecule has 0 atom stereocenters. The van der Waals surface area contributed by atoms with Crippen molar-refractivity contribution in [2.75, 3.05) is 11.1 Å². The van der Waals surface area contributed by atoms with Crippen LogP contribution in [-0.4, -0.2) is 24.5 Å². The second-order valence-corrected chi connectivity index (χ2v) is 4.46. The first-order chi connectivity index (χ1) is 10.2. The Kier molecular flexibility index (Phi) is 3.46.